The van der Waals surface area contributed by atoms with Gasteiger partial charge in [0.25, 0.3) is 0 Å². The van der Waals surface area contributed by atoms with Crippen LogP contribution in [-0.4, -0.2) is 66.4 Å². The van der Waals surface area contributed by atoms with E-state index in [-0.39, 0.29) is 12.2 Å². The second-order valence-corrected chi connectivity index (χ2v) is 8.77. The molecule has 0 spiro atoms. The Morgan fingerprint density at radius 3 is 2.42 bits per heavy atom. The third kappa shape index (κ3) is 7.10. The van der Waals surface area contributed by atoms with Gasteiger partial charge >= 0.3 is 12.3 Å². The van der Waals surface area contributed by atoms with Crippen molar-refractivity contribution in [2.45, 2.75) is 31.7 Å². The number of quaternary nitrogens is 1. The number of thiophene rings is 1. The van der Waals surface area contributed by atoms with Crippen LogP contribution in [0, 0.1) is 5.92 Å². The SMILES string of the molecule is C=CCN(Cc1cccs1)C(=O)O[C@H]1C[N+]2(CC=C)CCC1CC2.O=C([O-])C(F)(F)F. The first-order valence-electron chi connectivity index (χ1n) is 9.93. The lowest BCUT2D eigenvalue weighted by Gasteiger charge is -2.51. The van der Waals surface area contributed by atoms with Crippen molar-refractivity contribution in [2.75, 3.05) is 32.7 Å². The number of alkyl halides is 3. The monoisotopic (exact) mass is 460 g/mol. The number of carboxylic acid groups (broad SMARTS) is 1. The lowest BCUT2D eigenvalue weighted by atomic mass is 9.83. The molecule has 1 atom stereocenters. The van der Waals surface area contributed by atoms with Crippen LogP contribution in [-0.2, 0) is 16.1 Å². The molecule has 0 radical (unpaired) electrons. The Labute approximate surface area is 183 Å². The summed E-state index contributed by atoms with van der Waals surface area (Å²) >= 11 is 1.66. The average molecular weight is 461 g/mol. The van der Waals surface area contributed by atoms with Crippen LogP contribution in [0.1, 0.15) is 17.7 Å². The van der Waals surface area contributed by atoms with Crippen molar-refractivity contribution in [1.29, 1.82) is 0 Å². The summed E-state index contributed by atoms with van der Waals surface area (Å²) in [5, 5.41) is 10.8. The fraction of sp³-hybridized carbons (Fsp3) is 0.524. The maximum Gasteiger partial charge on any atom is 0.430 e. The Kier molecular flexibility index (Phi) is 8.69. The van der Waals surface area contributed by atoms with Crippen molar-refractivity contribution in [3.8, 4) is 0 Å². The molecule has 1 aromatic heterocycles. The summed E-state index contributed by atoms with van der Waals surface area (Å²) in [4.78, 5) is 24.4. The summed E-state index contributed by atoms with van der Waals surface area (Å²) in [6.07, 6.45) is 0.702. The molecule has 4 heterocycles. The number of ether oxygens (including phenoxy) is 1. The van der Waals surface area contributed by atoms with E-state index in [2.05, 4.69) is 13.2 Å². The summed E-state index contributed by atoms with van der Waals surface area (Å²) < 4.78 is 38.5. The first kappa shape index (κ1) is 24.9. The Bertz CT molecular complexity index is 759. The van der Waals surface area contributed by atoms with Crippen LogP contribution in [0.2, 0.25) is 0 Å². The predicted molar refractivity (Wildman–Crippen MR) is 109 cm³/mol. The molecule has 3 aliphatic heterocycles. The number of aliphatic carboxylic acids is 1. The van der Waals surface area contributed by atoms with Gasteiger partial charge in [-0.1, -0.05) is 18.7 Å². The van der Waals surface area contributed by atoms with Gasteiger partial charge in [0.15, 0.2) is 6.10 Å². The fourth-order valence-electron chi connectivity index (χ4n) is 4.04. The van der Waals surface area contributed by atoms with Gasteiger partial charge in [-0.15, -0.1) is 17.9 Å². The van der Waals surface area contributed by atoms with Gasteiger partial charge in [-0.05, 0) is 17.5 Å². The van der Waals surface area contributed by atoms with Crippen molar-refractivity contribution >= 4 is 23.4 Å². The molecule has 1 aromatic rings. The number of halogens is 3. The maximum atomic E-state index is 12.7. The number of hydrogen-bond acceptors (Lipinski definition) is 5. The summed E-state index contributed by atoms with van der Waals surface area (Å²) in [5.41, 5.74) is 0. The number of piperidine rings is 3. The van der Waals surface area contributed by atoms with Gasteiger partial charge in [0.1, 0.15) is 12.5 Å². The molecular weight excluding hydrogens is 433 g/mol. The van der Waals surface area contributed by atoms with Crippen LogP contribution >= 0.6 is 11.3 Å². The first-order valence-corrected chi connectivity index (χ1v) is 10.8. The third-order valence-corrected chi connectivity index (χ3v) is 6.44. The summed E-state index contributed by atoms with van der Waals surface area (Å²) in [5.74, 6) is -2.49. The highest BCUT2D eigenvalue weighted by Gasteiger charge is 2.47. The van der Waals surface area contributed by atoms with Gasteiger partial charge in [-0.3, -0.25) is 4.90 Å². The first-order chi connectivity index (χ1) is 14.6. The smallest absolute Gasteiger partial charge is 0.430 e. The number of hydrogen-bond donors (Lipinski definition) is 0. The highest BCUT2D eigenvalue weighted by molar-refractivity contribution is 7.09. The molecule has 0 aromatic carbocycles. The van der Waals surface area contributed by atoms with Crippen molar-refractivity contribution in [1.82, 2.24) is 4.90 Å². The van der Waals surface area contributed by atoms with E-state index >= 15 is 0 Å². The van der Waals surface area contributed by atoms with E-state index in [1.165, 1.54) is 13.1 Å². The third-order valence-electron chi connectivity index (χ3n) is 5.58. The molecule has 3 fully saturated rings. The molecule has 10 heteroatoms. The number of rotatable bonds is 7. The molecular formula is C21H27F3N2O4S. The second kappa shape index (κ2) is 10.8. The highest BCUT2D eigenvalue weighted by Crippen LogP contribution is 2.35. The standard InChI is InChI=1S/C19H27N2O2S.C2HF3O2/c1-3-9-20(14-17-6-5-13-24-17)19(22)23-18-15-21(10-4-2)11-7-16(18)8-12-21;3-2(4,5)1(6)7/h3-6,13,16,18H,1-2,7-12,14-15H2;(H,6,7)/q+1;/p-1/t16?,18-,21?;/m0./s1. The van der Waals surface area contributed by atoms with Gasteiger partial charge in [-0.25, -0.2) is 4.79 Å². The van der Waals surface area contributed by atoms with Crippen molar-refractivity contribution in [2.24, 2.45) is 5.92 Å². The number of amides is 1. The molecule has 31 heavy (non-hydrogen) atoms. The number of nitrogens with zero attached hydrogens (tertiary/aromatic N) is 2. The molecule has 1 amide bonds. The number of fused-ring (bicyclic) bond motifs is 3. The minimum Gasteiger partial charge on any atom is -0.542 e. The van der Waals surface area contributed by atoms with Gasteiger partial charge in [0.05, 0.1) is 26.2 Å². The predicted octanol–water partition coefficient (Wildman–Crippen LogP) is 2.97. The van der Waals surface area contributed by atoms with Crippen molar-refractivity contribution in [3.63, 3.8) is 0 Å². The zero-order chi connectivity index (χ0) is 23.1. The number of carboxylic acids is 1. The van der Waals surface area contributed by atoms with Crippen LogP contribution in [0.25, 0.3) is 0 Å². The topological polar surface area (TPSA) is 69.7 Å². The van der Waals surface area contributed by atoms with Gasteiger partial charge < -0.3 is 19.1 Å². The van der Waals surface area contributed by atoms with Crippen LogP contribution in [0.5, 0.6) is 0 Å². The van der Waals surface area contributed by atoms with E-state index in [1.54, 1.807) is 22.3 Å². The Morgan fingerprint density at radius 1 is 1.29 bits per heavy atom. The molecule has 3 aliphatic rings. The van der Waals surface area contributed by atoms with Gasteiger partial charge in [0.2, 0.25) is 0 Å². The quantitative estimate of drug-likeness (QED) is 0.464. The van der Waals surface area contributed by atoms with Crippen LogP contribution in [0.15, 0.2) is 42.8 Å². The zero-order valence-electron chi connectivity index (χ0n) is 17.2. The van der Waals surface area contributed by atoms with E-state index in [9.17, 15) is 18.0 Å². The largest absolute Gasteiger partial charge is 0.542 e. The molecule has 2 bridgehead atoms. The van der Waals surface area contributed by atoms with Gasteiger partial charge in [-0.2, -0.15) is 13.2 Å². The summed E-state index contributed by atoms with van der Waals surface area (Å²) in [7, 11) is 0. The highest BCUT2D eigenvalue weighted by atomic mass is 32.1. The van der Waals surface area contributed by atoms with E-state index in [1.807, 2.05) is 23.6 Å². The summed E-state index contributed by atoms with van der Waals surface area (Å²) in [6.45, 7) is 13.1. The van der Waals surface area contributed by atoms with E-state index in [0.29, 0.717) is 19.0 Å². The minimum atomic E-state index is -5.19. The van der Waals surface area contributed by atoms with Crippen LogP contribution in [0.4, 0.5) is 18.0 Å². The van der Waals surface area contributed by atoms with E-state index in [0.717, 1.165) is 35.3 Å². The Hall–Kier alpha value is -2.33. The maximum absolute atomic E-state index is 12.7. The zero-order valence-corrected chi connectivity index (χ0v) is 18.0. The Morgan fingerprint density at radius 2 is 1.94 bits per heavy atom. The number of carbonyl (C=O) groups excluding carboxylic acids is 2. The van der Waals surface area contributed by atoms with Crippen molar-refractivity contribution in [3.05, 3.63) is 47.7 Å². The number of carbonyl (C=O) groups is 2. The lowest BCUT2D eigenvalue weighted by molar-refractivity contribution is -0.941. The van der Waals surface area contributed by atoms with E-state index in [4.69, 9.17) is 14.6 Å². The normalized spacial score (nSPS) is 24.5. The van der Waals surface area contributed by atoms with Crippen LogP contribution < -0.4 is 5.11 Å². The molecule has 0 aliphatic carbocycles. The van der Waals surface area contributed by atoms with Crippen LogP contribution in [0.3, 0.4) is 0 Å². The molecule has 4 rings (SSSR count). The second-order valence-electron chi connectivity index (χ2n) is 7.74. The molecule has 6 nitrogen and oxygen atoms in total. The molecule has 3 saturated heterocycles. The Balaban J connectivity index is 0.000000423. The average Bonchev–Trinajstić information content (AvgIpc) is 3.21. The molecule has 0 N–H and O–H groups in total. The fourth-order valence-corrected chi connectivity index (χ4v) is 4.76. The molecule has 0 unspecified atom stereocenters. The van der Waals surface area contributed by atoms with Gasteiger partial charge in [0, 0.05) is 30.2 Å². The molecule has 172 valence electrons. The van der Waals surface area contributed by atoms with E-state index < -0.39 is 12.1 Å². The summed E-state index contributed by atoms with van der Waals surface area (Å²) in [6, 6.07) is 4.06. The minimum absolute atomic E-state index is 0.0376. The lowest BCUT2D eigenvalue weighted by Crippen LogP contribution is -2.64. The van der Waals surface area contributed by atoms with Crippen molar-refractivity contribution < 1.29 is 37.1 Å². The molecule has 0 saturated carbocycles.